The number of carbonyl (C=O) groups is 2. The lowest BCUT2D eigenvalue weighted by Crippen LogP contribution is -2.37. The van der Waals surface area contributed by atoms with Crippen molar-refractivity contribution in [2.45, 2.75) is 44.7 Å². The molecule has 196 valence electrons. The lowest BCUT2D eigenvalue weighted by molar-refractivity contribution is -0.137. The number of hydrogen-bond donors (Lipinski definition) is 2. The zero-order chi connectivity index (χ0) is 26.4. The first-order valence-corrected chi connectivity index (χ1v) is 12.1. The summed E-state index contributed by atoms with van der Waals surface area (Å²) in [5.74, 6) is 0.176. The molecule has 4 rings (SSSR count). The van der Waals surface area contributed by atoms with Gasteiger partial charge in [0.15, 0.2) is 0 Å². The number of likely N-dealkylation sites (tertiary alicyclic amines) is 1. The summed E-state index contributed by atoms with van der Waals surface area (Å²) in [6.07, 6.45) is 1.94. The predicted molar refractivity (Wildman–Crippen MR) is 133 cm³/mol. The van der Waals surface area contributed by atoms with E-state index < -0.39 is 17.8 Å². The number of aromatic nitrogens is 1. The van der Waals surface area contributed by atoms with Gasteiger partial charge in [0.05, 0.1) is 19.8 Å². The summed E-state index contributed by atoms with van der Waals surface area (Å²) in [4.78, 5) is 26.5. The summed E-state index contributed by atoms with van der Waals surface area (Å²) in [5, 5.41) is 16.3. The number of nitrogens with zero attached hydrogens (tertiary/aromatic N) is 2. The molecule has 0 saturated carbocycles. The number of ether oxygens (including phenoxy) is 2. The Morgan fingerprint density at radius 1 is 1.22 bits per heavy atom. The van der Waals surface area contributed by atoms with Crippen LogP contribution in [0.15, 0.2) is 53.1 Å². The standard InChI is InChI=1S/C27H30FN3O6/c1-17-13-23(30-37-17)24-5-3-11-31(24)27(34)26(18-7-9-19(28)10-8-18)29-20-14-21(35-2)16-22(15-20)36-12-4-6-25(32)33/h7-10,13-16,24,26,29H,3-6,11-12H2,1-2H3,(H,32,33). The highest BCUT2D eigenvalue weighted by molar-refractivity contribution is 5.87. The van der Waals surface area contributed by atoms with Crippen molar-refractivity contribution in [2.24, 2.45) is 0 Å². The van der Waals surface area contributed by atoms with Gasteiger partial charge in [-0.3, -0.25) is 9.59 Å². The van der Waals surface area contributed by atoms with Gasteiger partial charge in [-0.1, -0.05) is 17.3 Å². The molecular formula is C27H30FN3O6. The third kappa shape index (κ3) is 6.58. The van der Waals surface area contributed by atoms with Gasteiger partial charge in [0.25, 0.3) is 0 Å². The number of anilines is 1. The van der Waals surface area contributed by atoms with Gasteiger partial charge in [0.1, 0.15) is 34.8 Å². The van der Waals surface area contributed by atoms with Gasteiger partial charge >= 0.3 is 5.97 Å². The third-order valence-corrected chi connectivity index (χ3v) is 6.20. The van der Waals surface area contributed by atoms with Crippen molar-refractivity contribution in [1.82, 2.24) is 10.1 Å². The fourth-order valence-electron chi connectivity index (χ4n) is 4.43. The average molecular weight is 512 g/mol. The molecule has 9 nitrogen and oxygen atoms in total. The van der Waals surface area contributed by atoms with Gasteiger partial charge in [-0.2, -0.15) is 0 Å². The topological polar surface area (TPSA) is 114 Å². The van der Waals surface area contributed by atoms with Crippen LogP contribution in [-0.4, -0.2) is 47.3 Å². The maximum Gasteiger partial charge on any atom is 0.303 e. The Morgan fingerprint density at radius 2 is 1.97 bits per heavy atom. The Balaban J connectivity index is 1.60. The van der Waals surface area contributed by atoms with Gasteiger partial charge in [0.2, 0.25) is 5.91 Å². The molecule has 1 saturated heterocycles. The summed E-state index contributed by atoms with van der Waals surface area (Å²) >= 11 is 0. The highest BCUT2D eigenvalue weighted by atomic mass is 19.1. The SMILES string of the molecule is COc1cc(NC(C(=O)N2CCCC2c2cc(C)on2)c2ccc(F)cc2)cc(OCCCC(=O)O)c1. The summed E-state index contributed by atoms with van der Waals surface area (Å²) in [6.45, 7) is 2.58. The van der Waals surface area contributed by atoms with Gasteiger partial charge in [-0.05, 0) is 43.9 Å². The van der Waals surface area contributed by atoms with Gasteiger partial charge in [-0.25, -0.2) is 4.39 Å². The number of amides is 1. The Hall–Kier alpha value is -4.08. The van der Waals surface area contributed by atoms with Gasteiger partial charge < -0.3 is 29.3 Å². The molecule has 2 N–H and O–H groups in total. The van der Waals surface area contributed by atoms with Gasteiger partial charge in [-0.15, -0.1) is 0 Å². The Bertz CT molecular complexity index is 1230. The summed E-state index contributed by atoms with van der Waals surface area (Å²) < 4.78 is 30.1. The number of carbonyl (C=O) groups excluding carboxylic acids is 1. The minimum Gasteiger partial charge on any atom is -0.497 e. The second-order valence-corrected chi connectivity index (χ2v) is 8.92. The number of aliphatic carboxylic acids is 1. The molecule has 2 aromatic carbocycles. The van der Waals surface area contributed by atoms with Crippen LogP contribution in [0.4, 0.5) is 10.1 Å². The van der Waals surface area contributed by atoms with Crippen molar-refractivity contribution >= 4 is 17.6 Å². The molecule has 1 fully saturated rings. The molecule has 1 amide bonds. The molecule has 10 heteroatoms. The quantitative estimate of drug-likeness (QED) is 0.350. The van der Waals surface area contributed by atoms with Crippen molar-refractivity contribution in [3.63, 3.8) is 0 Å². The number of carboxylic acids is 1. The molecule has 1 aromatic heterocycles. The molecule has 0 spiro atoms. The molecular weight excluding hydrogens is 481 g/mol. The van der Waals surface area contributed by atoms with Crippen LogP contribution in [0.3, 0.4) is 0 Å². The fourth-order valence-corrected chi connectivity index (χ4v) is 4.43. The van der Waals surface area contributed by atoms with Crippen LogP contribution < -0.4 is 14.8 Å². The molecule has 0 aliphatic carbocycles. The predicted octanol–water partition coefficient (Wildman–Crippen LogP) is 4.89. The zero-order valence-corrected chi connectivity index (χ0v) is 20.8. The van der Waals surface area contributed by atoms with E-state index in [1.165, 1.54) is 19.2 Å². The Morgan fingerprint density at radius 3 is 2.65 bits per heavy atom. The average Bonchev–Trinajstić information content (AvgIpc) is 3.54. The number of rotatable bonds is 11. The fraction of sp³-hybridized carbons (Fsp3) is 0.370. The normalized spacial score (nSPS) is 15.9. The highest BCUT2D eigenvalue weighted by Crippen LogP contribution is 2.36. The molecule has 2 atom stereocenters. The van der Waals surface area contributed by atoms with Crippen molar-refractivity contribution in [3.8, 4) is 11.5 Å². The highest BCUT2D eigenvalue weighted by Gasteiger charge is 2.36. The number of hydrogen-bond acceptors (Lipinski definition) is 7. The van der Waals surface area contributed by atoms with E-state index in [1.54, 1.807) is 35.2 Å². The summed E-state index contributed by atoms with van der Waals surface area (Å²) in [7, 11) is 1.52. The smallest absolute Gasteiger partial charge is 0.303 e. The van der Waals surface area contributed by atoms with Crippen LogP contribution >= 0.6 is 0 Å². The van der Waals surface area contributed by atoms with Crippen LogP contribution in [0, 0.1) is 12.7 Å². The number of benzene rings is 2. The second kappa shape index (κ2) is 11.8. The maximum atomic E-state index is 13.9. The third-order valence-electron chi connectivity index (χ3n) is 6.20. The number of nitrogens with one attached hydrogen (secondary N) is 1. The van der Waals surface area contributed by atoms with Gasteiger partial charge in [0, 0.05) is 42.9 Å². The minimum atomic E-state index is -0.891. The van der Waals surface area contributed by atoms with Crippen LogP contribution in [-0.2, 0) is 9.59 Å². The number of aryl methyl sites for hydroxylation is 1. The maximum absolute atomic E-state index is 13.9. The lowest BCUT2D eigenvalue weighted by Gasteiger charge is -2.29. The first kappa shape index (κ1) is 26.0. The Kier molecular flexibility index (Phi) is 8.27. The van der Waals surface area contributed by atoms with E-state index >= 15 is 0 Å². The zero-order valence-electron chi connectivity index (χ0n) is 20.8. The molecule has 0 radical (unpaired) electrons. The van der Waals surface area contributed by atoms with E-state index in [2.05, 4.69) is 10.5 Å². The van der Waals surface area contributed by atoms with Crippen molar-refractivity contribution in [2.75, 3.05) is 25.6 Å². The second-order valence-electron chi connectivity index (χ2n) is 8.92. The van der Waals surface area contributed by atoms with Crippen LogP contribution in [0.5, 0.6) is 11.5 Å². The van der Waals surface area contributed by atoms with Crippen molar-refractivity contribution in [1.29, 1.82) is 0 Å². The van der Waals surface area contributed by atoms with E-state index in [0.717, 1.165) is 12.8 Å². The molecule has 3 aromatic rings. The summed E-state index contributed by atoms with van der Waals surface area (Å²) in [6, 6.07) is 11.8. The monoisotopic (exact) mass is 511 g/mol. The molecule has 0 bridgehead atoms. The molecule has 1 aliphatic rings. The lowest BCUT2D eigenvalue weighted by atomic mass is 10.0. The van der Waals surface area contributed by atoms with E-state index in [1.807, 2.05) is 13.0 Å². The minimum absolute atomic E-state index is 0.00172. The van der Waals surface area contributed by atoms with E-state index in [0.29, 0.717) is 47.2 Å². The molecule has 2 unspecified atom stereocenters. The first-order valence-electron chi connectivity index (χ1n) is 12.1. The first-order chi connectivity index (χ1) is 17.8. The molecule has 2 heterocycles. The van der Waals surface area contributed by atoms with Crippen molar-refractivity contribution < 1.29 is 33.1 Å². The number of carboxylic acid groups (broad SMARTS) is 1. The Labute approximate surface area is 214 Å². The van der Waals surface area contributed by atoms with E-state index in [4.69, 9.17) is 19.1 Å². The largest absolute Gasteiger partial charge is 0.497 e. The van der Waals surface area contributed by atoms with E-state index in [9.17, 15) is 14.0 Å². The molecule has 37 heavy (non-hydrogen) atoms. The van der Waals surface area contributed by atoms with Crippen LogP contribution in [0.1, 0.15) is 54.8 Å². The van der Waals surface area contributed by atoms with Crippen LogP contribution in [0.2, 0.25) is 0 Å². The molecule has 1 aliphatic heterocycles. The number of halogens is 1. The van der Waals surface area contributed by atoms with Crippen molar-refractivity contribution in [3.05, 3.63) is 71.4 Å². The number of methoxy groups -OCH3 is 1. The van der Waals surface area contributed by atoms with Crippen LogP contribution in [0.25, 0.3) is 0 Å². The van der Waals surface area contributed by atoms with E-state index in [-0.39, 0.29) is 25.0 Å². The summed E-state index contributed by atoms with van der Waals surface area (Å²) in [5.41, 5.74) is 1.86.